The van der Waals surface area contributed by atoms with Crippen LogP contribution >= 0.6 is 0 Å². The molecule has 1 heterocycles. The van der Waals surface area contributed by atoms with Gasteiger partial charge in [-0.05, 0) is 53.9 Å². The van der Waals surface area contributed by atoms with Crippen LogP contribution in [-0.2, 0) is 4.79 Å². The van der Waals surface area contributed by atoms with Gasteiger partial charge in [-0.15, -0.1) is 0 Å². The van der Waals surface area contributed by atoms with Gasteiger partial charge >= 0.3 is 0 Å². The molecule has 1 amide bonds. The summed E-state index contributed by atoms with van der Waals surface area (Å²) < 4.78 is 1.63. The Labute approximate surface area is 140 Å². The van der Waals surface area contributed by atoms with Crippen molar-refractivity contribution in [2.45, 2.75) is 13.8 Å². The number of anilines is 1. The number of aryl methyl sites for hydroxylation is 1. The minimum Gasteiger partial charge on any atom is -0.326 e. The molecule has 0 spiro atoms. The topological polar surface area (TPSA) is 51.1 Å². The number of hydrogen-bond acceptors (Lipinski definition) is 2. The van der Waals surface area contributed by atoms with Crippen LogP contribution in [0.5, 0.6) is 0 Å². The lowest BCUT2D eigenvalue weighted by Gasteiger charge is -2.10. The van der Waals surface area contributed by atoms with E-state index in [1.54, 1.807) is 16.7 Å². The highest BCUT2D eigenvalue weighted by Gasteiger charge is 2.05. The van der Waals surface area contributed by atoms with Crippen LogP contribution in [0, 0.1) is 6.92 Å². The van der Waals surface area contributed by atoms with Crippen LogP contribution in [0.15, 0.2) is 71.7 Å². The predicted octanol–water partition coefficient (Wildman–Crippen LogP) is 3.77. The number of carbonyl (C=O) groups is 1. The molecular weight excluding hydrogens is 300 g/mol. The normalized spacial score (nSPS) is 10.4. The molecule has 0 radical (unpaired) electrons. The smallest absolute Gasteiger partial charge is 0.255 e. The van der Waals surface area contributed by atoms with Crippen molar-refractivity contribution >= 4 is 11.6 Å². The van der Waals surface area contributed by atoms with Gasteiger partial charge in [0.25, 0.3) is 5.56 Å². The Morgan fingerprint density at radius 1 is 0.958 bits per heavy atom. The summed E-state index contributed by atoms with van der Waals surface area (Å²) in [5, 5.41) is 2.77. The zero-order chi connectivity index (χ0) is 17.1. The molecule has 0 saturated heterocycles. The lowest BCUT2D eigenvalue weighted by Crippen LogP contribution is -2.16. The summed E-state index contributed by atoms with van der Waals surface area (Å²) in [7, 11) is 0. The summed E-state index contributed by atoms with van der Waals surface area (Å²) in [6.45, 7) is 3.47. The molecule has 0 unspecified atom stereocenters. The summed E-state index contributed by atoms with van der Waals surface area (Å²) in [6.07, 6.45) is 1.82. The van der Waals surface area contributed by atoms with Gasteiger partial charge in [-0.25, -0.2) is 0 Å². The Bertz CT molecular complexity index is 958. The third kappa shape index (κ3) is 3.43. The Balaban J connectivity index is 2.06. The fourth-order valence-electron chi connectivity index (χ4n) is 2.62. The van der Waals surface area contributed by atoms with E-state index < -0.39 is 0 Å². The summed E-state index contributed by atoms with van der Waals surface area (Å²) in [4.78, 5) is 23.5. The van der Waals surface area contributed by atoms with Gasteiger partial charge in [0.2, 0.25) is 5.91 Å². The summed E-state index contributed by atoms with van der Waals surface area (Å²) in [6, 6.07) is 18.7. The third-order valence-corrected chi connectivity index (χ3v) is 3.71. The maximum atomic E-state index is 12.2. The van der Waals surface area contributed by atoms with Crippen LogP contribution in [0.1, 0.15) is 12.5 Å². The molecule has 24 heavy (non-hydrogen) atoms. The summed E-state index contributed by atoms with van der Waals surface area (Å²) in [5.41, 5.74) is 4.42. The highest BCUT2D eigenvalue weighted by atomic mass is 16.1. The minimum absolute atomic E-state index is 0.0811. The number of pyridine rings is 1. The van der Waals surface area contributed by atoms with Crippen LogP contribution in [-0.4, -0.2) is 10.5 Å². The van der Waals surface area contributed by atoms with Crippen LogP contribution in [0.3, 0.4) is 0 Å². The van der Waals surface area contributed by atoms with Gasteiger partial charge in [0.1, 0.15) is 0 Å². The minimum atomic E-state index is -0.114. The standard InChI is InChI=1S/C20H18N2O2/c1-14-5-3-8-19(11-14)22-13-17(9-10-20(22)24)16-6-4-7-18(12-16)21-15(2)23/h3-13H,1-2H3,(H,21,23). The summed E-state index contributed by atoms with van der Waals surface area (Å²) >= 11 is 0. The zero-order valence-electron chi connectivity index (χ0n) is 13.6. The number of aromatic nitrogens is 1. The molecular formula is C20H18N2O2. The largest absolute Gasteiger partial charge is 0.326 e. The van der Waals surface area contributed by atoms with Crippen LogP contribution in [0.2, 0.25) is 0 Å². The van der Waals surface area contributed by atoms with E-state index in [0.29, 0.717) is 0 Å². The lowest BCUT2D eigenvalue weighted by molar-refractivity contribution is -0.114. The molecule has 2 aromatic carbocycles. The van der Waals surface area contributed by atoms with Crippen molar-refractivity contribution in [3.05, 3.63) is 82.8 Å². The van der Waals surface area contributed by atoms with Crippen LogP contribution < -0.4 is 10.9 Å². The van der Waals surface area contributed by atoms with Gasteiger partial charge in [-0.2, -0.15) is 0 Å². The number of nitrogens with zero attached hydrogens (tertiary/aromatic N) is 1. The molecule has 0 aliphatic heterocycles. The number of rotatable bonds is 3. The second kappa shape index (κ2) is 6.54. The van der Waals surface area contributed by atoms with E-state index in [4.69, 9.17) is 0 Å². The van der Waals surface area contributed by atoms with Gasteiger partial charge in [-0.3, -0.25) is 14.2 Å². The van der Waals surface area contributed by atoms with E-state index >= 15 is 0 Å². The molecule has 0 saturated carbocycles. The fourth-order valence-corrected chi connectivity index (χ4v) is 2.62. The van der Waals surface area contributed by atoms with Gasteiger partial charge in [0.05, 0.1) is 0 Å². The Kier molecular flexibility index (Phi) is 4.29. The zero-order valence-corrected chi connectivity index (χ0v) is 13.6. The van der Waals surface area contributed by atoms with Crippen molar-refractivity contribution < 1.29 is 4.79 Å². The number of carbonyl (C=O) groups excluding carboxylic acids is 1. The van der Waals surface area contributed by atoms with E-state index in [1.807, 2.05) is 61.7 Å². The van der Waals surface area contributed by atoms with Crippen molar-refractivity contribution in [2.24, 2.45) is 0 Å². The molecule has 3 rings (SSSR count). The van der Waals surface area contributed by atoms with E-state index in [1.165, 1.54) is 6.92 Å². The molecule has 3 aromatic rings. The van der Waals surface area contributed by atoms with E-state index in [2.05, 4.69) is 5.32 Å². The van der Waals surface area contributed by atoms with E-state index in [9.17, 15) is 9.59 Å². The number of nitrogens with one attached hydrogen (secondary N) is 1. The number of benzene rings is 2. The third-order valence-electron chi connectivity index (χ3n) is 3.71. The van der Waals surface area contributed by atoms with E-state index in [0.717, 1.165) is 28.1 Å². The second-order valence-corrected chi connectivity index (χ2v) is 5.73. The molecule has 4 heteroatoms. The first kappa shape index (κ1) is 15.7. The van der Waals surface area contributed by atoms with Crippen molar-refractivity contribution in [3.63, 3.8) is 0 Å². The molecule has 0 aliphatic carbocycles. The first-order chi connectivity index (χ1) is 11.5. The number of amides is 1. The molecule has 4 nitrogen and oxygen atoms in total. The Morgan fingerprint density at radius 3 is 2.50 bits per heavy atom. The van der Waals surface area contributed by atoms with Crippen molar-refractivity contribution in [1.29, 1.82) is 0 Å². The van der Waals surface area contributed by atoms with Crippen LogP contribution in [0.4, 0.5) is 5.69 Å². The first-order valence-corrected chi connectivity index (χ1v) is 7.71. The fraction of sp³-hybridized carbons (Fsp3) is 0.100. The monoisotopic (exact) mass is 318 g/mol. The van der Waals surface area contributed by atoms with Gasteiger partial charge in [0.15, 0.2) is 0 Å². The maximum absolute atomic E-state index is 12.2. The molecule has 0 aliphatic rings. The first-order valence-electron chi connectivity index (χ1n) is 7.71. The predicted molar refractivity (Wildman–Crippen MR) is 96.5 cm³/mol. The maximum Gasteiger partial charge on any atom is 0.255 e. The van der Waals surface area contributed by atoms with Crippen molar-refractivity contribution in [2.75, 3.05) is 5.32 Å². The number of hydrogen-bond donors (Lipinski definition) is 1. The van der Waals surface area contributed by atoms with E-state index in [-0.39, 0.29) is 11.5 Å². The average Bonchev–Trinajstić information content (AvgIpc) is 2.55. The van der Waals surface area contributed by atoms with Gasteiger partial charge in [-0.1, -0.05) is 24.3 Å². The van der Waals surface area contributed by atoms with Crippen molar-refractivity contribution in [1.82, 2.24) is 4.57 Å². The second-order valence-electron chi connectivity index (χ2n) is 5.73. The van der Waals surface area contributed by atoms with Crippen molar-refractivity contribution in [3.8, 4) is 16.8 Å². The molecule has 120 valence electrons. The summed E-state index contributed by atoms with van der Waals surface area (Å²) in [5.74, 6) is -0.114. The Morgan fingerprint density at radius 2 is 1.75 bits per heavy atom. The highest BCUT2D eigenvalue weighted by molar-refractivity contribution is 5.89. The quantitative estimate of drug-likeness (QED) is 0.799. The average molecular weight is 318 g/mol. The molecule has 1 aromatic heterocycles. The highest BCUT2D eigenvalue weighted by Crippen LogP contribution is 2.22. The molecule has 0 fully saturated rings. The van der Waals surface area contributed by atoms with Gasteiger partial charge in [0, 0.05) is 30.6 Å². The molecule has 1 N–H and O–H groups in total. The SMILES string of the molecule is CC(=O)Nc1cccc(-c2ccc(=O)n(-c3cccc(C)c3)c2)c1. The molecule has 0 bridgehead atoms. The van der Waals surface area contributed by atoms with Gasteiger partial charge < -0.3 is 5.32 Å². The Hall–Kier alpha value is -3.14. The molecule has 0 atom stereocenters. The van der Waals surface area contributed by atoms with Crippen LogP contribution in [0.25, 0.3) is 16.8 Å². The lowest BCUT2D eigenvalue weighted by atomic mass is 10.1.